The van der Waals surface area contributed by atoms with Crippen LogP contribution in [0.25, 0.3) is 5.65 Å². The van der Waals surface area contributed by atoms with Gasteiger partial charge < -0.3 is 10.6 Å². The van der Waals surface area contributed by atoms with E-state index in [1.54, 1.807) is 6.20 Å². The number of aromatic nitrogens is 4. The molecule has 8 heteroatoms. The predicted octanol–water partition coefficient (Wildman–Crippen LogP) is 2.50. The third-order valence-electron chi connectivity index (χ3n) is 4.50. The molecule has 0 bridgehead atoms. The molecule has 1 aliphatic rings. The van der Waals surface area contributed by atoms with Crippen LogP contribution in [-0.4, -0.2) is 38.6 Å². The van der Waals surface area contributed by atoms with Crippen LogP contribution in [0.1, 0.15) is 34.8 Å². The number of rotatable bonds is 3. The number of amides is 1. The zero-order valence-corrected chi connectivity index (χ0v) is 14.2. The number of anilines is 1. The summed E-state index contributed by atoms with van der Waals surface area (Å²) in [6, 6.07) is 4.05. The van der Waals surface area contributed by atoms with Crippen molar-refractivity contribution < 1.29 is 4.79 Å². The highest BCUT2D eigenvalue weighted by Gasteiger charge is 2.18. The van der Waals surface area contributed by atoms with Crippen molar-refractivity contribution in [3.8, 4) is 0 Å². The lowest BCUT2D eigenvalue weighted by Crippen LogP contribution is -2.26. The number of hydrogen-bond acceptors (Lipinski definition) is 5. The number of nitrogens with zero attached hydrogens (tertiary/aromatic N) is 4. The fraction of sp³-hybridized carbons (Fsp3) is 0.294. The molecule has 0 saturated carbocycles. The van der Waals surface area contributed by atoms with Crippen molar-refractivity contribution >= 4 is 28.8 Å². The van der Waals surface area contributed by atoms with Crippen molar-refractivity contribution in [2.75, 3.05) is 18.4 Å². The predicted molar refractivity (Wildman–Crippen MR) is 95.0 cm³/mol. The largest absolute Gasteiger partial charge is 0.318 e. The second kappa shape index (κ2) is 6.78. The van der Waals surface area contributed by atoms with E-state index in [0.29, 0.717) is 22.3 Å². The van der Waals surface area contributed by atoms with Crippen LogP contribution in [0.4, 0.5) is 5.69 Å². The Morgan fingerprint density at radius 3 is 2.80 bits per heavy atom. The van der Waals surface area contributed by atoms with Crippen LogP contribution in [0.2, 0.25) is 5.02 Å². The summed E-state index contributed by atoms with van der Waals surface area (Å²) in [5.74, 6) is 0.215. The maximum Gasteiger partial charge on any atom is 0.274 e. The Labute approximate surface area is 149 Å². The van der Waals surface area contributed by atoms with Crippen molar-refractivity contribution in [2.45, 2.75) is 18.8 Å². The molecule has 3 aromatic rings. The van der Waals surface area contributed by atoms with Crippen molar-refractivity contribution in [3.63, 3.8) is 0 Å². The number of carbonyl (C=O) groups is 1. The first-order valence-corrected chi connectivity index (χ1v) is 8.55. The fourth-order valence-corrected chi connectivity index (χ4v) is 3.29. The van der Waals surface area contributed by atoms with Crippen LogP contribution in [0.15, 0.2) is 36.9 Å². The van der Waals surface area contributed by atoms with Crippen LogP contribution < -0.4 is 10.6 Å². The molecule has 1 aliphatic heterocycles. The molecule has 128 valence electrons. The fourth-order valence-electron chi connectivity index (χ4n) is 3.15. The van der Waals surface area contributed by atoms with Gasteiger partial charge >= 0.3 is 0 Å². The molecule has 0 radical (unpaired) electrons. The molecule has 0 aliphatic carbocycles. The number of fused-ring (bicyclic) bond motifs is 1. The Bertz CT molecular complexity index is 918. The normalized spacial score (nSPS) is 15.4. The van der Waals surface area contributed by atoms with E-state index in [1.165, 1.54) is 18.0 Å². The molecular formula is C17H17ClN6O. The molecule has 25 heavy (non-hydrogen) atoms. The van der Waals surface area contributed by atoms with E-state index in [1.807, 2.05) is 16.7 Å². The van der Waals surface area contributed by atoms with Crippen molar-refractivity contribution in [2.24, 2.45) is 0 Å². The van der Waals surface area contributed by atoms with Crippen molar-refractivity contribution in [3.05, 3.63) is 53.2 Å². The van der Waals surface area contributed by atoms with Crippen LogP contribution in [0.3, 0.4) is 0 Å². The van der Waals surface area contributed by atoms with Gasteiger partial charge in [-0.3, -0.25) is 9.20 Å². The van der Waals surface area contributed by atoms with Gasteiger partial charge in [0.05, 0.1) is 29.3 Å². The van der Waals surface area contributed by atoms with E-state index in [9.17, 15) is 4.79 Å². The minimum atomic E-state index is -0.287. The van der Waals surface area contributed by atoms with E-state index in [4.69, 9.17) is 11.6 Å². The van der Waals surface area contributed by atoms with E-state index in [-0.39, 0.29) is 5.91 Å². The highest BCUT2D eigenvalue weighted by atomic mass is 35.5. The van der Waals surface area contributed by atoms with Crippen LogP contribution in [-0.2, 0) is 0 Å². The summed E-state index contributed by atoms with van der Waals surface area (Å²) in [4.78, 5) is 17.0. The van der Waals surface area contributed by atoms with E-state index in [2.05, 4.69) is 31.9 Å². The smallest absolute Gasteiger partial charge is 0.274 e. The molecular weight excluding hydrogens is 340 g/mol. The Kier molecular flexibility index (Phi) is 4.33. The quantitative estimate of drug-likeness (QED) is 0.753. The van der Waals surface area contributed by atoms with Gasteiger partial charge in [-0.1, -0.05) is 17.7 Å². The first-order chi connectivity index (χ1) is 12.2. The second-order valence-electron chi connectivity index (χ2n) is 6.06. The summed E-state index contributed by atoms with van der Waals surface area (Å²) in [5.41, 5.74) is 2.84. The van der Waals surface area contributed by atoms with Crippen molar-refractivity contribution in [1.29, 1.82) is 0 Å². The standard InChI is InChI=1S/C17H17ClN6O/c18-13-7-21-22-8-14(13)23-17(25)15-9-20-16-2-1-12(10-24(15)16)11-3-5-19-6-4-11/h1-2,7-11,19H,3-6H2,(H,21,23,25). The van der Waals surface area contributed by atoms with Crippen molar-refractivity contribution in [1.82, 2.24) is 24.9 Å². The van der Waals surface area contributed by atoms with E-state index < -0.39 is 0 Å². The zero-order chi connectivity index (χ0) is 17.2. The summed E-state index contributed by atoms with van der Waals surface area (Å²) in [7, 11) is 0. The Hall–Kier alpha value is -2.51. The Morgan fingerprint density at radius 1 is 1.20 bits per heavy atom. The SMILES string of the molecule is O=C(Nc1cnncc1Cl)c1cnc2ccc(C3CCNCC3)cn12. The third kappa shape index (κ3) is 3.20. The van der Waals surface area contributed by atoms with Gasteiger partial charge in [0, 0.05) is 6.20 Å². The molecule has 4 heterocycles. The summed E-state index contributed by atoms with van der Waals surface area (Å²) in [6.07, 6.45) is 8.59. The molecule has 0 atom stereocenters. The van der Waals surface area contributed by atoms with Crippen LogP contribution in [0.5, 0.6) is 0 Å². The molecule has 1 saturated heterocycles. The van der Waals surface area contributed by atoms with Gasteiger partial charge in [-0.15, -0.1) is 0 Å². The molecule has 0 spiro atoms. The number of hydrogen-bond donors (Lipinski definition) is 2. The number of imidazole rings is 1. The minimum absolute atomic E-state index is 0.287. The molecule has 3 aromatic heterocycles. The van der Waals surface area contributed by atoms with Gasteiger partial charge in [0.2, 0.25) is 0 Å². The Morgan fingerprint density at radius 2 is 2.00 bits per heavy atom. The van der Waals surface area contributed by atoms with Gasteiger partial charge in [0.25, 0.3) is 5.91 Å². The molecule has 0 aromatic carbocycles. The van der Waals surface area contributed by atoms with E-state index >= 15 is 0 Å². The number of pyridine rings is 1. The first-order valence-electron chi connectivity index (χ1n) is 8.17. The van der Waals surface area contributed by atoms with Gasteiger partial charge in [0.1, 0.15) is 11.3 Å². The summed E-state index contributed by atoms with van der Waals surface area (Å²) in [5, 5.41) is 13.9. The molecule has 7 nitrogen and oxygen atoms in total. The molecule has 1 amide bonds. The lowest BCUT2D eigenvalue weighted by molar-refractivity contribution is 0.102. The number of halogens is 1. The number of carbonyl (C=O) groups excluding carboxylic acids is 1. The average Bonchev–Trinajstić information content (AvgIpc) is 3.07. The number of nitrogens with one attached hydrogen (secondary N) is 2. The summed E-state index contributed by atoms with van der Waals surface area (Å²) < 4.78 is 1.83. The Balaban J connectivity index is 1.65. The lowest BCUT2D eigenvalue weighted by Gasteiger charge is -2.23. The summed E-state index contributed by atoms with van der Waals surface area (Å²) in [6.45, 7) is 2.04. The monoisotopic (exact) mass is 356 g/mol. The second-order valence-corrected chi connectivity index (χ2v) is 6.47. The zero-order valence-electron chi connectivity index (χ0n) is 13.4. The topological polar surface area (TPSA) is 84.2 Å². The lowest BCUT2D eigenvalue weighted by atomic mass is 9.91. The third-order valence-corrected chi connectivity index (χ3v) is 4.80. The van der Waals surface area contributed by atoms with Gasteiger partial charge in [0.15, 0.2) is 0 Å². The maximum atomic E-state index is 12.6. The first kappa shape index (κ1) is 16.0. The maximum absolute atomic E-state index is 12.6. The van der Waals surface area contributed by atoms with Gasteiger partial charge in [-0.25, -0.2) is 4.98 Å². The molecule has 4 rings (SSSR count). The van der Waals surface area contributed by atoms with Gasteiger partial charge in [-0.05, 0) is 43.5 Å². The number of piperidine rings is 1. The van der Waals surface area contributed by atoms with Gasteiger partial charge in [-0.2, -0.15) is 10.2 Å². The highest BCUT2D eigenvalue weighted by molar-refractivity contribution is 6.33. The highest BCUT2D eigenvalue weighted by Crippen LogP contribution is 2.26. The average molecular weight is 357 g/mol. The molecule has 0 unspecified atom stereocenters. The van der Waals surface area contributed by atoms with Crippen LogP contribution in [0, 0.1) is 0 Å². The molecule has 1 fully saturated rings. The van der Waals surface area contributed by atoms with Crippen LogP contribution >= 0.6 is 11.6 Å². The summed E-state index contributed by atoms with van der Waals surface area (Å²) >= 11 is 6.03. The molecule has 2 N–H and O–H groups in total. The van der Waals surface area contributed by atoms with E-state index in [0.717, 1.165) is 31.6 Å². The minimum Gasteiger partial charge on any atom is -0.318 e.